The number of aromatic nitrogens is 1. The zero-order valence-electron chi connectivity index (χ0n) is 11.6. The summed E-state index contributed by atoms with van der Waals surface area (Å²) in [5.74, 6) is -3.25. The Morgan fingerprint density at radius 1 is 1.00 bits per heavy atom. The Hall–Kier alpha value is -2.47. The second-order valence-electron chi connectivity index (χ2n) is 4.70. The number of hydrogen-bond acceptors (Lipinski definition) is 3. The quantitative estimate of drug-likeness (QED) is 0.678. The lowest BCUT2D eigenvalue weighted by atomic mass is 10.2. The number of nitrogens with one attached hydrogen (secondary N) is 1. The first kappa shape index (κ1) is 15.4. The van der Waals surface area contributed by atoms with E-state index in [1.807, 2.05) is 0 Å². The van der Waals surface area contributed by atoms with Gasteiger partial charge in [-0.1, -0.05) is 11.6 Å². The van der Waals surface area contributed by atoms with Gasteiger partial charge in [0, 0.05) is 10.6 Å². The summed E-state index contributed by atoms with van der Waals surface area (Å²) in [6.45, 7) is 0.0234. The van der Waals surface area contributed by atoms with Gasteiger partial charge in [0.2, 0.25) is 5.89 Å². The molecule has 0 radical (unpaired) electrons. The number of benzene rings is 2. The number of hydrogen-bond donors (Lipinski definition) is 1. The monoisotopic (exact) mass is 338 g/mol. The lowest BCUT2D eigenvalue weighted by Crippen LogP contribution is -2.04. The molecule has 0 atom stereocenters. The van der Waals surface area contributed by atoms with Gasteiger partial charge in [0.1, 0.15) is 0 Å². The van der Waals surface area contributed by atoms with Crippen LogP contribution in [-0.2, 0) is 6.54 Å². The molecule has 1 aromatic heterocycles. The summed E-state index contributed by atoms with van der Waals surface area (Å²) < 4.78 is 45.0. The highest BCUT2D eigenvalue weighted by molar-refractivity contribution is 6.30. The van der Waals surface area contributed by atoms with Gasteiger partial charge in [-0.2, -0.15) is 0 Å². The largest absolute Gasteiger partial charge is 0.439 e. The van der Waals surface area contributed by atoms with Gasteiger partial charge in [0.05, 0.1) is 18.4 Å². The van der Waals surface area contributed by atoms with Crippen molar-refractivity contribution in [2.45, 2.75) is 6.54 Å². The Labute approximate surface area is 134 Å². The number of anilines is 1. The average molecular weight is 339 g/mol. The minimum absolute atomic E-state index is 0.0234. The highest BCUT2D eigenvalue weighted by Gasteiger charge is 2.14. The van der Waals surface area contributed by atoms with Crippen LogP contribution in [0.15, 0.2) is 47.0 Å². The fraction of sp³-hybridized carbons (Fsp3) is 0.0625. The molecule has 0 fully saturated rings. The first-order valence-corrected chi connectivity index (χ1v) is 7.00. The topological polar surface area (TPSA) is 38.1 Å². The Morgan fingerprint density at radius 2 is 1.74 bits per heavy atom. The van der Waals surface area contributed by atoms with Crippen LogP contribution in [-0.4, -0.2) is 4.98 Å². The van der Waals surface area contributed by atoms with Crippen LogP contribution in [0.2, 0.25) is 5.02 Å². The van der Waals surface area contributed by atoms with E-state index in [9.17, 15) is 13.2 Å². The molecule has 2 aromatic carbocycles. The van der Waals surface area contributed by atoms with Crippen molar-refractivity contribution < 1.29 is 17.6 Å². The van der Waals surface area contributed by atoms with Gasteiger partial charge in [-0.15, -0.1) is 0 Å². The van der Waals surface area contributed by atoms with E-state index in [1.165, 1.54) is 6.20 Å². The molecule has 0 aliphatic carbocycles. The molecule has 0 amide bonds. The Kier molecular flexibility index (Phi) is 4.25. The number of oxazole rings is 1. The SMILES string of the molecule is Fc1ccc(NCc2ncc(-c3ccc(Cl)cc3)o2)c(F)c1F. The number of rotatable bonds is 4. The van der Waals surface area contributed by atoms with E-state index in [2.05, 4.69) is 10.3 Å². The van der Waals surface area contributed by atoms with Crippen molar-refractivity contribution in [2.75, 3.05) is 5.32 Å². The van der Waals surface area contributed by atoms with Crippen molar-refractivity contribution in [1.82, 2.24) is 4.98 Å². The Balaban J connectivity index is 1.73. The maximum Gasteiger partial charge on any atom is 0.214 e. The molecule has 3 rings (SSSR count). The third-order valence-electron chi connectivity index (χ3n) is 3.15. The third-order valence-corrected chi connectivity index (χ3v) is 3.40. The highest BCUT2D eigenvalue weighted by atomic mass is 35.5. The summed E-state index contributed by atoms with van der Waals surface area (Å²) in [7, 11) is 0. The molecule has 0 bridgehead atoms. The second kappa shape index (κ2) is 6.34. The van der Waals surface area contributed by atoms with Gasteiger partial charge in [-0.05, 0) is 36.4 Å². The standard InChI is InChI=1S/C16H10ClF3N2O/c17-10-3-1-9(2-4-10)13-7-22-14(23-13)8-21-12-6-5-11(18)15(19)16(12)20/h1-7,21H,8H2. The van der Waals surface area contributed by atoms with Crippen LogP contribution >= 0.6 is 11.6 Å². The lowest BCUT2D eigenvalue weighted by Gasteiger charge is -2.06. The van der Waals surface area contributed by atoms with Gasteiger partial charge in [-0.25, -0.2) is 18.2 Å². The van der Waals surface area contributed by atoms with E-state index in [0.717, 1.165) is 17.7 Å². The van der Waals surface area contributed by atoms with E-state index in [-0.39, 0.29) is 18.1 Å². The van der Waals surface area contributed by atoms with Crippen LogP contribution in [0.4, 0.5) is 18.9 Å². The molecule has 0 saturated carbocycles. The fourth-order valence-electron chi connectivity index (χ4n) is 1.97. The van der Waals surface area contributed by atoms with Crippen molar-refractivity contribution in [3.8, 4) is 11.3 Å². The molecule has 7 heteroatoms. The highest BCUT2D eigenvalue weighted by Crippen LogP contribution is 2.24. The number of nitrogens with zero attached hydrogens (tertiary/aromatic N) is 1. The van der Waals surface area contributed by atoms with Crippen molar-refractivity contribution in [3.63, 3.8) is 0 Å². The van der Waals surface area contributed by atoms with Crippen LogP contribution in [0.3, 0.4) is 0 Å². The first-order valence-electron chi connectivity index (χ1n) is 6.62. The van der Waals surface area contributed by atoms with E-state index < -0.39 is 17.5 Å². The van der Waals surface area contributed by atoms with Crippen LogP contribution in [0, 0.1) is 17.5 Å². The van der Waals surface area contributed by atoms with Crippen LogP contribution in [0.5, 0.6) is 0 Å². The maximum absolute atomic E-state index is 13.5. The van der Waals surface area contributed by atoms with Gasteiger partial charge < -0.3 is 9.73 Å². The van der Waals surface area contributed by atoms with E-state index >= 15 is 0 Å². The van der Waals surface area contributed by atoms with Crippen molar-refractivity contribution in [3.05, 3.63) is 71.0 Å². The zero-order chi connectivity index (χ0) is 16.4. The van der Waals surface area contributed by atoms with Gasteiger partial charge in [0.15, 0.2) is 23.2 Å². The summed E-state index contributed by atoms with van der Waals surface area (Å²) in [6.07, 6.45) is 1.52. The molecule has 0 spiro atoms. The van der Waals surface area contributed by atoms with E-state index in [1.54, 1.807) is 24.3 Å². The molecular weight excluding hydrogens is 329 g/mol. The smallest absolute Gasteiger partial charge is 0.214 e. The molecule has 0 aliphatic rings. The molecule has 1 heterocycles. The minimum atomic E-state index is -1.52. The van der Waals surface area contributed by atoms with Crippen molar-refractivity contribution >= 4 is 17.3 Å². The van der Waals surface area contributed by atoms with Gasteiger partial charge >= 0.3 is 0 Å². The molecule has 118 valence electrons. The lowest BCUT2D eigenvalue weighted by molar-refractivity contribution is 0.448. The average Bonchev–Trinajstić information content (AvgIpc) is 3.02. The van der Waals surface area contributed by atoms with Gasteiger partial charge in [0.25, 0.3) is 0 Å². The Bertz CT molecular complexity index is 834. The van der Waals surface area contributed by atoms with Crippen molar-refractivity contribution in [2.24, 2.45) is 0 Å². The minimum Gasteiger partial charge on any atom is -0.439 e. The third kappa shape index (κ3) is 3.32. The Morgan fingerprint density at radius 3 is 2.48 bits per heavy atom. The van der Waals surface area contributed by atoms with Crippen LogP contribution in [0.1, 0.15) is 5.89 Å². The molecule has 3 aromatic rings. The summed E-state index contributed by atoms with van der Waals surface area (Å²) in [4.78, 5) is 4.05. The first-order chi connectivity index (χ1) is 11.0. The van der Waals surface area contributed by atoms with Crippen LogP contribution < -0.4 is 5.32 Å². The molecule has 23 heavy (non-hydrogen) atoms. The van der Waals surface area contributed by atoms with E-state index in [0.29, 0.717) is 10.8 Å². The molecule has 0 aliphatic heterocycles. The van der Waals surface area contributed by atoms with Crippen molar-refractivity contribution in [1.29, 1.82) is 0 Å². The fourth-order valence-corrected chi connectivity index (χ4v) is 2.10. The number of halogens is 4. The molecule has 3 nitrogen and oxygen atoms in total. The van der Waals surface area contributed by atoms with Gasteiger partial charge in [-0.3, -0.25) is 0 Å². The molecule has 0 unspecified atom stereocenters. The molecule has 0 saturated heterocycles. The van der Waals surface area contributed by atoms with Crippen LogP contribution in [0.25, 0.3) is 11.3 Å². The molecule has 1 N–H and O–H groups in total. The summed E-state index contributed by atoms with van der Waals surface area (Å²) >= 11 is 5.81. The van der Waals surface area contributed by atoms with E-state index in [4.69, 9.17) is 16.0 Å². The summed E-state index contributed by atoms with van der Waals surface area (Å²) in [5.41, 5.74) is 0.613. The summed E-state index contributed by atoms with van der Waals surface area (Å²) in [6, 6.07) is 8.93. The zero-order valence-corrected chi connectivity index (χ0v) is 12.4. The second-order valence-corrected chi connectivity index (χ2v) is 5.14. The predicted octanol–water partition coefficient (Wildman–Crippen LogP) is 5.02. The summed E-state index contributed by atoms with van der Waals surface area (Å²) in [5, 5.41) is 3.21. The predicted molar refractivity (Wildman–Crippen MR) is 80.6 cm³/mol. The maximum atomic E-state index is 13.5. The normalized spacial score (nSPS) is 10.8. The molecular formula is C16H10ClF3N2O.